The van der Waals surface area contributed by atoms with E-state index in [9.17, 15) is 13.2 Å². The molecule has 1 aromatic heterocycles. The fourth-order valence-corrected chi connectivity index (χ4v) is 2.48. The number of Topliss-reactive ketones (excluding diaryl/α,β-unsaturated/α-hetero) is 1. The van der Waals surface area contributed by atoms with E-state index in [2.05, 4.69) is 14.9 Å². The molecule has 19 heavy (non-hydrogen) atoms. The van der Waals surface area contributed by atoms with Gasteiger partial charge in [0.1, 0.15) is 0 Å². The summed E-state index contributed by atoms with van der Waals surface area (Å²) in [6.07, 6.45) is 1.44. The minimum Gasteiger partial charge on any atom is -0.295 e. The van der Waals surface area contributed by atoms with Crippen molar-refractivity contribution in [2.75, 3.05) is 4.72 Å². The van der Waals surface area contributed by atoms with Crippen LogP contribution in [-0.2, 0) is 10.0 Å². The maximum atomic E-state index is 12.1. The highest BCUT2D eigenvalue weighted by Crippen LogP contribution is 2.15. The van der Waals surface area contributed by atoms with E-state index in [1.165, 1.54) is 37.4 Å². The maximum absolute atomic E-state index is 12.1. The predicted octanol–water partition coefficient (Wildman–Crippen LogP) is 1.48. The molecule has 7 heteroatoms. The van der Waals surface area contributed by atoms with Crippen LogP contribution in [-0.4, -0.2) is 24.4 Å². The minimum absolute atomic E-state index is 0.00542. The van der Waals surface area contributed by atoms with Crippen LogP contribution in [0.5, 0.6) is 0 Å². The fraction of sp³-hybridized carbons (Fsp3) is 0.0833. The number of anilines is 1. The Kier molecular flexibility index (Phi) is 3.57. The number of nitrogens with zero attached hydrogens (tertiary/aromatic N) is 2. The maximum Gasteiger partial charge on any atom is 0.263 e. The lowest BCUT2D eigenvalue weighted by Gasteiger charge is -2.07. The summed E-state index contributed by atoms with van der Waals surface area (Å²) < 4.78 is 26.5. The lowest BCUT2D eigenvalue weighted by atomic mass is 10.2. The topological polar surface area (TPSA) is 89.0 Å². The Labute approximate surface area is 110 Å². The smallest absolute Gasteiger partial charge is 0.263 e. The molecule has 0 unspecified atom stereocenters. The summed E-state index contributed by atoms with van der Waals surface area (Å²) in [7, 11) is -3.77. The van der Waals surface area contributed by atoms with Crippen molar-refractivity contribution in [2.45, 2.75) is 11.8 Å². The number of aromatic nitrogens is 2. The summed E-state index contributed by atoms with van der Waals surface area (Å²) in [5.41, 5.74) is 0.335. The first-order chi connectivity index (χ1) is 8.99. The van der Waals surface area contributed by atoms with Crippen LogP contribution in [0.3, 0.4) is 0 Å². The fourth-order valence-electron chi connectivity index (χ4n) is 1.43. The molecule has 1 heterocycles. The van der Waals surface area contributed by atoms with Gasteiger partial charge in [-0.05, 0) is 31.2 Å². The Bertz CT molecular complexity index is 699. The Morgan fingerprint density at radius 1 is 1.21 bits per heavy atom. The van der Waals surface area contributed by atoms with Gasteiger partial charge in [-0.1, -0.05) is 12.1 Å². The number of nitrogens with one attached hydrogen (secondary N) is 1. The Balaban J connectivity index is 2.35. The summed E-state index contributed by atoms with van der Waals surface area (Å²) >= 11 is 0. The molecule has 0 fully saturated rings. The van der Waals surface area contributed by atoms with Gasteiger partial charge in [0.25, 0.3) is 10.0 Å². The van der Waals surface area contributed by atoms with E-state index in [0.717, 1.165) is 0 Å². The molecule has 0 amide bonds. The summed E-state index contributed by atoms with van der Waals surface area (Å²) in [6.45, 7) is 1.38. The van der Waals surface area contributed by atoms with E-state index in [-0.39, 0.29) is 16.5 Å². The number of carbonyl (C=O) groups is 1. The summed E-state index contributed by atoms with van der Waals surface area (Å²) in [6, 6.07) is 8.86. The predicted molar refractivity (Wildman–Crippen MR) is 69.3 cm³/mol. The highest BCUT2D eigenvalue weighted by molar-refractivity contribution is 7.92. The van der Waals surface area contributed by atoms with Gasteiger partial charge in [-0.25, -0.2) is 8.42 Å². The van der Waals surface area contributed by atoms with Crippen LogP contribution in [0.2, 0.25) is 0 Å². The van der Waals surface area contributed by atoms with Crippen LogP contribution in [0.1, 0.15) is 17.3 Å². The molecule has 1 aromatic carbocycles. The molecule has 0 saturated carbocycles. The van der Waals surface area contributed by atoms with Gasteiger partial charge in [0.2, 0.25) is 0 Å². The number of rotatable bonds is 4. The highest BCUT2D eigenvalue weighted by Gasteiger charge is 2.16. The Morgan fingerprint density at radius 3 is 2.63 bits per heavy atom. The molecule has 6 nitrogen and oxygen atoms in total. The van der Waals surface area contributed by atoms with E-state index in [4.69, 9.17) is 0 Å². The molecule has 98 valence electrons. The van der Waals surface area contributed by atoms with Gasteiger partial charge in [-0.2, -0.15) is 5.10 Å². The molecule has 0 saturated heterocycles. The lowest BCUT2D eigenvalue weighted by Crippen LogP contribution is -2.14. The molecule has 0 aliphatic rings. The molecule has 0 atom stereocenters. The summed E-state index contributed by atoms with van der Waals surface area (Å²) in [5, 5.41) is 7.22. The van der Waals surface area contributed by atoms with E-state index < -0.39 is 10.0 Å². The average molecular weight is 277 g/mol. The molecule has 0 spiro atoms. The first-order valence-corrected chi connectivity index (χ1v) is 6.89. The first kappa shape index (κ1) is 13.2. The number of sulfonamides is 1. The monoisotopic (exact) mass is 277 g/mol. The van der Waals surface area contributed by atoms with Crippen molar-refractivity contribution in [3.63, 3.8) is 0 Å². The van der Waals surface area contributed by atoms with Gasteiger partial charge in [-0.3, -0.25) is 9.52 Å². The molecule has 0 aliphatic heterocycles. The van der Waals surface area contributed by atoms with Crippen molar-refractivity contribution in [2.24, 2.45) is 0 Å². The van der Waals surface area contributed by atoms with Gasteiger partial charge in [0, 0.05) is 11.8 Å². The van der Waals surface area contributed by atoms with Crippen LogP contribution in [0.4, 0.5) is 5.82 Å². The van der Waals surface area contributed by atoms with Crippen molar-refractivity contribution < 1.29 is 13.2 Å². The van der Waals surface area contributed by atoms with Crippen LogP contribution < -0.4 is 4.72 Å². The Morgan fingerprint density at radius 2 is 2.00 bits per heavy atom. The van der Waals surface area contributed by atoms with Gasteiger partial charge in [0.15, 0.2) is 11.6 Å². The standard InChI is InChI=1S/C12H11N3O3S/c1-9(16)10-4-2-5-11(8-10)19(17,18)15-12-6-3-7-13-14-12/h2-8H,1H3,(H,14,15). The third-order valence-electron chi connectivity index (χ3n) is 2.36. The van der Waals surface area contributed by atoms with E-state index in [0.29, 0.717) is 5.56 Å². The van der Waals surface area contributed by atoms with Gasteiger partial charge < -0.3 is 0 Å². The van der Waals surface area contributed by atoms with E-state index in [1.807, 2.05) is 0 Å². The molecular weight excluding hydrogens is 266 g/mol. The van der Waals surface area contributed by atoms with Crippen molar-refractivity contribution in [3.05, 3.63) is 48.2 Å². The van der Waals surface area contributed by atoms with Crippen molar-refractivity contribution in [1.29, 1.82) is 0 Å². The number of ketones is 1. The number of hydrogen-bond acceptors (Lipinski definition) is 5. The molecule has 2 rings (SSSR count). The zero-order valence-corrected chi connectivity index (χ0v) is 10.9. The number of hydrogen-bond donors (Lipinski definition) is 1. The third kappa shape index (κ3) is 3.14. The first-order valence-electron chi connectivity index (χ1n) is 5.40. The quantitative estimate of drug-likeness (QED) is 0.855. The lowest BCUT2D eigenvalue weighted by molar-refractivity contribution is 0.101. The molecule has 2 aromatic rings. The zero-order chi connectivity index (χ0) is 13.9. The number of benzene rings is 1. The largest absolute Gasteiger partial charge is 0.295 e. The molecule has 0 aliphatic carbocycles. The average Bonchev–Trinajstić information content (AvgIpc) is 2.39. The number of carbonyl (C=O) groups excluding carboxylic acids is 1. The van der Waals surface area contributed by atoms with Gasteiger partial charge in [-0.15, -0.1) is 5.10 Å². The van der Waals surface area contributed by atoms with Gasteiger partial charge >= 0.3 is 0 Å². The van der Waals surface area contributed by atoms with Crippen LogP contribution in [0.25, 0.3) is 0 Å². The van der Waals surface area contributed by atoms with Crippen molar-refractivity contribution >= 4 is 21.6 Å². The molecule has 0 radical (unpaired) electrons. The second-order valence-electron chi connectivity index (χ2n) is 3.80. The second-order valence-corrected chi connectivity index (χ2v) is 5.48. The Hall–Kier alpha value is -2.28. The van der Waals surface area contributed by atoms with Crippen LogP contribution >= 0.6 is 0 Å². The second kappa shape index (κ2) is 5.15. The highest BCUT2D eigenvalue weighted by atomic mass is 32.2. The third-order valence-corrected chi connectivity index (χ3v) is 3.71. The minimum atomic E-state index is -3.77. The van der Waals surface area contributed by atoms with Gasteiger partial charge in [0.05, 0.1) is 4.90 Å². The van der Waals surface area contributed by atoms with Crippen molar-refractivity contribution in [3.8, 4) is 0 Å². The normalized spacial score (nSPS) is 11.0. The SMILES string of the molecule is CC(=O)c1cccc(S(=O)(=O)Nc2cccnn2)c1. The summed E-state index contributed by atoms with van der Waals surface area (Å²) in [4.78, 5) is 11.3. The van der Waals surface area contributed by atoms with E-state index >= 15 is 0 Å². The molecule has 1 N–H and O–H groups in total. The van der Waals surface area contributed by atoms with Crippen LogP contribution in [0, 0.1) is 0 Å². The molecule has 0 bridgehead atoms. The molecular formula is C12H11N3O3S. The summed E-state index contributed by atoms with van der Waals surface area (Å²) in [5.74, 6) is -0.0766. The van der Waals surface area contributed by atoms with Crippen LogP contribution in [0.15, 0.2) is 47.5 Å². The zero-order valence-electron chi connectivity index (χ0n) is 10.1. The van der Waals surface area contributed by atoms with Crippen molar-refractivity contribution in [1.82, 2.24) is 10.2 Å². The van der Waals surface area contributed by atoms with E-state index in [1.54, 1.807) is 12.1 Å².